The molecule has 0 bridgehead atoms. The van der Waals surface area contributed by atoms with Gasteiger partial charge in [0.1, 0.15) is 18.2 Å². The minimum absolute atomic E-state index is 0.258. The van der Waals surface area contributed by atoms with Gasteiger partial charge in [-0.2, -0.15) is 5.10 Å². The van der Waals surface area contributed by atoms with Gasteiger partial charge in [0.2, 0.25) is 0 Å². The predicted octanol–water partition coefficient (Wildman–Crippen LogP) is 2.14. The van der Waals surface area contributed by atoms with Crippen LogP contribution in [0, 0.1) is 0 Å². The Labute approximate surface area is 129 Å². The standard InChI is InChI=1S/C13H13BrN6O/c1-15-12-10-6-17-20(2)13(10)19-11(18-12)7-21-9-3-8(14)4-16-5-9/h3-6H,7H2,1-2H3,(H,15,18,19). The fourth-order valence-electron chi connectivity index (χ4n) is 1.94. The Kier molecular flexibility index (Phi) is 3.70. The highest BCUT2D eigenvalue weighted by Crippen LogP contribution is 2.20. The number of hydrogen-bond donors (Lipinski definition) is 1. The second-order valence-corrected chi connectivity index (χ2v) is 5.29. The maximum Gasteiger partial charge on any atom is 0.170 e. The molecule has 3 heterocycles. The Balaban J connectivity index is 1.88. The number of ether oxygens (including phenoxy) is 1. The van der Waals surface area contributed by atoms with E-state index in [0.717, 1.165) is 21.3 Å². The molecular weight excluding hydrogens is 336 g/mol. The molecule has 0 spiro atoms. The second-order valence-electron chi connectivity index (χ2n) is 4.37. The Morgan fingerprint density at radius 1 is 1.29 bits per heavy atom. The second kappa shape index (κ2) is 5.65. The third-order valence-corrected chi connectivity index (χ3v) is 3.36. The molecule has 21 heavy (non-hydrogen) atoms. The number of nitrogens with one attached hydrogen (secondary N) is 1. The van der Waals surface area contributed by atoms with Crippen molar-refractivity contribution in [3.8, 4) is 5.75 Å². The van der Waals surface area contributed by atoms with Crippen molar-refractivity contribution in [2.75, 3.05) is 12.4 Å². The molecule has 0 aromatic carbocycles. The molecule has 3 aromatic rings. The van der Waals surface area contributed by atoms with E-state index in [1.54, 1.807) is 23.3 Å². The number of nitrogens with zero attached hydrogens (tertiary/aromatic N) is 5. The fraction of sp³-hybridized carbons (Fsp3) is 0.231. The predicted molar refractivity (Wildman–Crippen MR) is 82.1 cm³/mol. The van der Waals surface area contributed by atoms with Gasteiger partial charge in [0.25, 0.3) is 0 Å². The van der Waals surface area contributed by atoms with Crippen LogP contribution in [-0.4, -0.2) is 31.8 Å². The van der Waals surface area contributed by atoms with Crippen LogP contribution < -0.4 is 10.1 Å². The normalized spacial score (nSPS) is 10.8. The third-order valence-electron chi connectivity index (χ3n) is 2.92. The van der Waals surface area contributed by atoms with E-state index in [1.807, 2.05) is 20.2 Å². The molecule has 0 saturated heterocycles. The summed E-state index contributed by atoms with van der Waals surface area (Å²) in [6, 6.07) is 1.84. The first kappa shape index (κ1) is 13.7. The van der Waals surface area contributed by atoms with E-state index in [-0.39, 0.29) is 6.61 Å². The van der Waals surface area contributed by atoms with Crippen LogP contribution in [0.5, 0.6) is 5.75 Å². The average molecular weight is 349 g/mol. The summed E-state index contributed by atoms with van der Waals surface area (Å²) >= 11 is 3.35. The summed E-state index contributed by atoms with van der Waals surface area (Å²) in [6.07, 6.45) is 5.08. The molecule has 3 rings (SSSR count). The van der Waals surface area contributed by atoms with Gasteiger partial charge < -0.3 is 10.1 Å². The third kappa shape index (κ3) is 2.80. The summed E-state index contributed by atoms with van der Waals surface area (Å²) in [6.45, 7) is 0.258. The number of aryl methyl sites for hydroxylation is 1. The molecule has 0 aliphatic carbocycles. The highest BCUT2D eigenvalue weighted by molar-refractivity contribution is 9.10. The number of halogens is 1. The van der Waals surface area contributed by atoms with Gasteiger partial charge >= 0.3 is 0 Å². The van der Waals surface area contributed by atoms with Crippen LogP contribution in [0.25, 0.3) is 11.0 Å². The lowest BCUT2D eigenvalue weighted by molar-refractivity contribution is 0.295. The number of aromatic nitrogens is 5. The van der Waals surface area contributed by atoms with Gasteiger partial charge in [-0.15, -0.1) is 0 Å². The minimum Gasteiger partial charge on any atom is -0.484 e. The van der Waals surface area contributed by atoms with Crippen LogP contribution in [0.1, 0.15) is 5.82 Å². The zero-order valence-electron chi connectivity index (χ0n) is 11.5. The number of rotatable bonds is 4. The largest absolute Gasteiger partial charge is 0.484 e. The van der Waals surface area contributed by atoms with Crippen molar-refractivity contribution in [2.45, 2.75) is 6.61 Å². The molecule has 8 heteroatoms. The van der Waals surface area contributed by atoms with Crippen molar-refractivity contribution in [3.05, 3.63) is 35.0 Å². The molecule has 0 aliphatic heterocycles. The molecule has 0 fully saturated rings. The monoisotopic (exact) mass is 348 g/mol. The molecule has 7 nitrogen and oxygen atoms in total. The van der Waals surface area contributed by atoms with Crippen LogP contribution in [0.4, 0.5) is 5.82 Å². The van der Waals surface area contributed by atoms with Crippen molar-refractivity contribution in [1.29, 1.82) is 0 Å². The van der Waals surface area contributed by atoms with Gasteiger partial charge in [-0.25, -0.2) is 9.97 Å². The van der Waals surface area contributed by atoms with E-state index >= 15 is 0 Å². The molecule has 0 amide bonds. The van der Waals surface area contributed by atoms with Crippen molar-refractivity contribution in [1.82, 2.24) is 24.7 Å². The van der Waals surface area contributed by atoms with E-state index in [0.29, 0.717) is 11.6 Å². The van der Waals surface area contributed by atoms with E-state index in [4.69, 9.17) is 4.74 Å². The minimum atomic E-state index is 0.258. The molecule has 0 radical (unpaired) electrons. The van der Waals surface area contributed by atoms with Crippen LogP contribution in [0.3, 0.4) is 0 Å². The Bertz CT molecular complexity index is 787. The SMILES string of the molecule is CNc1nc(COc2cncc(Br)c2)nc2c1cnn2C. The maximum absolute atomic E-state index is 5.66. The number of fused-ring (bicyclic) bond motifs is 1. The molecule has 0 aliphatic rings. The van der Waals surface area contributed by atoms with Crippen LogP contribution in [0.15, 0.2) is 29.1 Å². The first-order chi connectivity index (χ1) is 10.2. The van der Waals surface area contributed by atoms with Crippen LogP contribution >= 0.6 is 15.9 Å². The molecular formula is C13H13BrN6O. The van der Waals surface area contributed by atoms with E-state index in [9.17, 15) is 0 Å². The topological polar surface area (TPSA) is 77.8 Å². The summed E-state index contributed by atoms with van der Waals surface area (Å²) in [4.78, 5) is 13.0. The average Bonchev–Trinajstić information content (AvgIpc) is 2.86. The van der Waals surface area contributed by atoms with Gasteiger partial charge in [-0.05, 0) is 22.0 Å². The molecule has 3 aromatic heterocycles. The first-order valence-electron chi connectivity index (χ1n) is 6.27. The summed E-state index contributed by atoms with van der Waals surface area (Å²) in [7, 11) is 3.66. The van der Waals surface area contributed by atoms with Gasteiger partial charge in [0.05, 0.1) is 17.8 Å². The number of pyridine rings is 1. The quantitative estimate of drug-likeness (QED) is 0.778. The Morgan fingerprint density at radius 3 is 2.90 bits per heavy atom. The number of hydrogen-bond acceptors (Lipinski definition) is 6. The lowest BCUT2D eigenvalue weighted by Gasteiger charge is -2.08. The Morgan fingerprint density at radius 2 is 2.14 bits per heavy atom. The summed E-state index contributed by atoms with van der Waals surface area (Å²) in [5.74, 6) is 1.97. The highest BCUT2D eigenvalue weighted by Gasteiger charge is 2.11. The van der Waals surface area contributed by atoms with Crippen molar-refractivity contribution >= 4 is 32.8 Å². The van der Waals surface area contributed by atoms with Gasteiger partial charge in [-0.1, -0.05) is 0 Å². The fourth-order valence-corrected chi connectivity index (χ4v) is 2.29. The molecule has 1 N–H and O–H groups in total. The smallest absolute Gasteiger partial charge is 0.170 e. The van der Waals surface area contributed by atoms with Crippen LogP contribution in [-0.2, 0) is 13.7 Å². The lowest BCUT2D eigenvalue weighted by Crippen LogP contribution is -2.06. The highest BCUT2D eigenvalue weighted by atomic mass is 79.9. The Hall–Kier alpha value is -2.22. The number of anilines is 1. The van der Waals surface area contributed by atoms with E-state index < -0.39 is 0 Å². The van der Waals surface area contributed by atoms with E-state index in [2.05, 4.69) is 41.3 Å². The van der Waals surface area contributed by atoms with Crippen molar-refractivity contribution in [2.24, 2.45) is 7.05 Å². The van der Waals surface area contributed by atoms with Crippen LogP contribution in [0.2, 0.25) is 0 Å². The molecule has 0 saturated carbocycles. The zero-order chi connectivity index (χ0) is 14.8. The van der Waals surface area contributed by atoms with Gasteiger partial charge in [-0.3, -0.25) is 9.67 Å². The molecule has 0 unspecified atom stereocenters. The maximum atomic E-state index is 5.66. The van der Waals surface area contributed by atoms with Gasteiger partial charge in [0, 0.05) is 24.8 Å². The molecule has 0 atom stereocenters. The lowest BCUT2D eigenvalue weighted by atomic mass is 10.4. The van der Waals surface area contributed by atoms with Crippen molar-refractivity contribution in [3.63, 3.8) is 0 Å². The van der Waals surface area contributed by atoms with E-state index in [1.165, 1.54) is 0 Å². The summed E-state index contributed by atoms with van der Waals surface area (Å²) < 4.78 is 8.23. The van der Waals surface area contributed by atoms with Gasteiger partial charge in [0.15, 0.2) is 11.5 Å². The van der Waals surface area contributed by atoms with Crippen molar-refractivity contribution < 1.29 is 4.74 Å². The zero-order valence-corrected chi connectivity index (χ0v) is 13.1. The summed E-state index contributed by atoms with van der Waals surface area (Å²) in [5, 5.41) is 8.13. The molecule has 108 valence electrons. The summed E-state index contributed by atoms with van der Waals surface area (Å²) in [5.41, 5.74) is 0.764. The first-order valence-corrected chi connectivity index (χ1v) is 7.06.